The molecule has 0 N–H and O–H groups in total. The normalized spacial score (nSPS) is 17.3. The van der Waals surface area contributed by atoms with Crippen molar-refractivity contribution < 1.29 is 28.5 Å². The second-order valence-electron chi connectivity index (χ2n) is 9.59. The second-order valence-corrected chi connectivity index (χ2v) is 9.59. The van der Waals surface area contributed by atoms with Crippen LogP contribution in [0.2, 0.25) is 0 Å². The van der Waals surface area contributed by atoms with Crippen molar-refractivity contribution in [2.24, 2.45) is 0 Å². The molecule has 0 aromatic heterocycles. The average molecular weight is 533 g/mol. The predicted octanol–water partition coefficient (Wildman–Crippen LogP) is 4.23. The van der Waals surface area contributed by atoms with E-state index in [0.29, 0.717) is 36.6 Å². The minimum Gasteiger partial charge on any atom is -0.497 e. The summed E-state index contributed by atoms with van der Waals surface area (Å²) in [6.45, 7) is 2.27. The summed E-state index contributed by atoms with van der Waals surface area (Å²) in [7, 11) is 8.09. The number of rotatable bonds is 10. The maximum atomic E-state index is 13.6. The summed E-state index contributed by atoms with van der Waals surface area (Å²) in [5.41, 5.74) is 3.93. The zero-order valence-electron chi connectivity index (χ0n) is 23.4. The first kappa shape index (κ1) is 27.8. The van der Waals surface area contributed by atoms with E-state index in [4.69, 9.17) is 18.9 Å². The Kier molecular flexibility index (Phi) is 8.64. The molecule has 0 aliphatic carbocycles. The molecule has 1 heterocycles. The molecule has 3 aromatic rings. The third-order valence-electron chi connectivity index (χ3n) is 7.39. The molecule has 1 aliphatic heterocycles. The molecule has 1 unspecified atom stereocenters. The van der Waals surface area contributed by atoms with E-state index in [-0.39, 0.29) is 11.8 Å². The summed E-state index contributed by atoms with van der Waals surface area (Å²) in [6, 6.07) is 18.5. The maximum absolute atomic E-state index is 13.6. The van der Waals surface area contributed by atoms with Crippen molar-refractivity contribution in [1.29, 1.82) is 0 Å². The lowest BCUT2D eigenvalue weighted by atomic mass is 9.96. The van der Waals surface area contributed by atoms with Crippen LogP contribution >= 0.6 is 0 Å². The van der Waals surface area contributed by atoms with Crippen molar-refractivity contribution in [3.63, 3.8) is 0 Å². The number of amides is 2. The number of carbonyl (C=O) groups is 2. The van der Waals surface area contributed by atoms with Crippen molar-refractivity contribution >= 4 is 11.8 Å². The molecule has 0 radical (unpaired) electrons. The van der Waals surface area contributed by atoms with Crippen LogP contribution in [0.4, 0.5) is 0 Å². The molecule has 0 saturated carbocycles. The van der Waals surface area contributed by atoms with Crippen LogP contribution in [-0.2, 0) is 22.4 Å². The minimum absolute atomic E-state index is 0.0354. The Balaban J connectivity index is 1.50. The van der Waals surface area contributed by atoms with Gasteiger partial charge in [0.1, 0.15) is 17.8 Å². The molecule has 0 spiro atoms. The molecule has 8 heteroatoms. The molecule has 8 nitrogen and oxygen atoms in total. The van der Waals surface area contributed by atoms with Crippen molar-refractivity contribution in [2.75, 3.05) is 42.0 Å². The van der Waals surface area contributed by atoms with Crippen LogP contribution in [-0.4, -0.2) is 75.7 Å². The lowest BCUT2D eigenvalue weighted by Gasteiger charge is -2.42. The monoisotopic (exact) mass is 532 g/mol. The van der Waals surface area contributed by atoms with Crippen LogP contribution in [0.3, 0.4) is 0 Å². The predicted molar refractivity (Wildman–Crippen MR) is 150 cm³/mol. The molecule has 3 aromatic carbocycles. The molecular weight excluding hydrogens is 496 g/mol. The van der Waals surface area contributed by atoms with Gasteiger partial charge in [-0.3, -0.25) is 9.59 Å². The zero-order valence-corrected chi connectivity index (χ0v) is 23.4. The van der Waals surface area contributed by atoms with E-state index in [1.54, 1.807) is 52.2 Å². The van der Waals surface area contributed by atoms with Crippen LogP contribution in [0.5, 0.6) is 23.0 Å². The maximum Gasteiger partial charge on any atom is 0.246 e. The lowest BCUT2D eigenvalue weighted by molar-refractivity contribution is -0.159. The first-order valence-corrected chi connectivity index (χ1v) is 12.9. The van der Waals surface area contributed by atoms with Crippen molar-refractivity contribution in [3.8, 4) is 34.1 Å². The van der Waals surface area contributed by atoms with Crippen molar-refractivity contribution in [2.45, 2.75) is 31.8 Å². The quantitative estimate of drug-likeness (QED) is 0.389. The second kappa shape index (κ2) is 12.1. The Bertz CT molecular complexity index is 1280. The molecule has 206 valence electrons. The van der Waals surface area contributed by atoms with E-state index in [2.05, 4.69) is 0 Å². The van der Waals surface area contributed by atoms with Gasteiger partial charge in [-0.15, -0.1) is 0 Å². The molecule has 4 rings (SSSR count). The summed E-state index contributed by atoms with van der Waals surface area (Å²) < 4.78 is 21.6. The molecule has 2 amide bonds. The molecule has 1 saturated heterocycles. The Morgan fingerprint density at radius 1 is 0.718 bits per heavy atom. The van der Waals surface area contributed by atoms with Gasteiger partial charge in [0.2, 0.25) is 17.6 Å². The number of ether oxygens (including phenoxy) is 4. The van der Waals surface area contributed by atoms with Gasteiger partial charge in [0.15, 0.2) is 11.5 Å². The number of carbonyl (C=O) groups excluding carboxylic acids is 2. The highest BCUT2D eigenvalue weighted by molar-refractivity contribution is 5.96. The fraction of sp³-hybridized carbons (Fsp3) is 0.355. The Hall–Kier alpha value is -4.20. The highest BCUT2D eigenvalue weighted by Crippen LogP contribution is 2.41. The number of benzene rings is 3. The Morgan fingerprint density at radius 3 is 1.85 bits per heavy atom. The van der Waals surface area contributed by atoms with Gasteiger partial charge in [-0.2, -0.15) is 0 Å². The summed E-state index contributed by atoms with van der Waals surface area (Å²) in [5, 5.41) is 0. The molecule has 0 bridgehead atoms. The van der Waals surface area contributed by atoms with Gasteiger partial charge in [0.25, 0.3) is 0 Å². The standard InChI is InChI=1S/C31H36N2O6/c1-20-30(34)32(2)26(31(35)33(20)16-15-21-9-13-25(36-3)14-10-21)17-22-7-11-23(12-8-22)24-18-27(37-4)29(39-6)28(19-24)38-5/h7-14,18-20,26H,15-17H2,1-6H3/t20-,26?/m0/s1. The van der Waals surface area contributed by atoms with E-state index in [1.165, 1.54) is 0 Å². The molecule has 1 aliphatic rings. The van der Waals surface area contributed by atoms with E-state index < -0.39 is 12.1 Å². The topological polar surface area (TPSA) is 77.5 Å². The third-order valence-corrected chi connectivity index (χ3v) is 7.39. The highest BCUT2D eigenvalue weighted by Gasteiger charge is 2.41. The summed E-state index contributed by atoms with van der Waals surface area (Å²) >= 11 is 0. The summed E-state index contributed by atoms with van der Waals surface area (Å²) in [5.74, 6) is 2.39. The first-order chi connectivity index (χ1) is 18.8. The van der Waals surface area contributed by atoms with Gasteiger partial charge in [-0.1, -0.05) is 36.4 Å². The van der Waals surface area contributed by atoms with Crippen LogP contribution in [0, 0.1) is 0 Å². The average Bonchev–Trinajstić information content (AvgIpc) is 2.98. The number of hydrogen-bond acceptors (Lipinski definition) is 6. The highest BCUT2D eigenvalue weighted by atomic mass is 16.5. The third kappa shape index (κ3) is 5.79. The fourth-order valence-corrected chi connectivity index (χ4v) is 5.00. The first-order valence-electron chi connectivity index (χ1n) is 12.9. The SMILES string of the molecule is COc1ccc(CCN2C(=O)C(Cc3ccc(-c4cc(OC)c(OC)c(OC)c4)cc3)N(C)C(=O)[C@@H]2C)cc1. The van der Waals surface area contributed by atoms with Crippen LogP contribution in [0.15, 0.2) is 60.7 Å². The number of piperazine rings is 1. The van der Waals surface area contributed by atoms with Crippen LogP contribution in [0.1, 0.15) is 18.1 Å². The smallest absolute Gasteiger partial charge is 0.246 e. The number of nitrogens with zero attached hydrogens (tertiary/aromatic N) is 2. The zero-order chi connectivity index (χ0) is 28.1. The van der Waals surface area contributed by atoms with Crippen molar-refractivity contribution in [1.82, 2.24) is 9.80 Å². The van der Waals surface area contributed by atoms with Gasteiger partial charge in [-0.25, -0.2) is 0 Å². The van der Waals surface area contributed by atoms with Crippen molar-refractivity contribution in [3.05, 3.63) is 71.8 Å². The number of hydrogen-bond donors (Lipinski definition) is 0. The van der Waals surface area contributed by atoms with E-state index >= 15 is 0 Å². The van der Waals surface area contributed by atoms with Gasteiger partial charge in [-0.05, 0) is 59.9 Å². The molecule has 39 heavy (non-hydrogen) atoms. The van der Waals surface area contributed by atoms with Gasteiger partial charge in [0, 0.05) is 20.0 Å². The van der Waals surface area contributed by atoms with Crippen LogP contribution in [0.25, 0.3) is 11.1 Å². The van der Waals surface area contributed by atoms with Gasteiger partial charge >= 0.3 is 0 Å². The molecule has 2 atom stereocenters. The summed E-state index contributed by atoms with van der Waals surface area (Å²) in [6.07, 6.45) is 1.09. The number of likely N-dealkylation sites (N-methyl/N-ethyl adjacent to an activating group) is 1. The number of methoxy groups -OCH3 is 4. The van der Waals surface area contributed by atoms with Gasteiger partial charge < -0.3 is 28.7 Å². The van der Waals surface area contributed by atoms with Gasteiger partial charge in [0.05, 0.1) is 28.4 Å². The Morgan fingerprint density at radius 2 is 1.31 bits per heavy atom. The fourth-order valence-electron chi connectivity index (χ4n) is 5.00. The van der Waals surface area contributed by atoms with E-state index in [0.717, 1.165) is 28.0 Å². The molecule has 1 fully saturated rings. The summed E-state index contributed by atoms with van der Waals surface area (Å²) in [4.78, 5) is 29.9. The minimum atomic E-state index is -0.559. The Labute approximate surface area is 230 Å². The van der Waals surface area contributed by atoms with E-state index in [1.807, 2.05) is 60.7 Å². The molecular formula is C31H36N2O6. The van der Waals surface area contributed by atoms with E-state index in [9.17, 15) is 9.59 Å². The largest absolute Gasteiger partial charge is 0.497 e. The lowest BCUT2D eigenvalue weighted by Crippen LogP contribution is -2.63. The van der Waals surface area contributed by atoms with Crippen LogP contribution < -0.4 is 18.9 Å².